The number of imidazole rings is 1. The standard InChI is InChI=1S/C14H17N3O3/c1-9(18)15-6-7-17-13-10-5-8-20-12(10)4-3-11(13)16-14(17)19-2/h3-4H,5-8H2,1-2H3,(H,15,18). The summed E-state index contributed by atoms with van der Waals surface area (Å²) in [4.78, 5) is 15.5. The second-order valence-electron chi connectivity index (χ2n) is 4.74. The number of amides is 1. The Morgan fingerprint density at radius 1 is 1.55 bits per heavy atom. The van der Waals surface area contributed by atoms with Crippen LogP contribution in [0.1, 0.15) is 12.5 Å². The van der Waals surface area contributed by atoms with Gasteiger partial charge < -0.3 is 14.8 Å². The van der Waals surface area contributed by atoms with Crippen molar-refractivity contribution in [3.63, 3.8) is 0 Å². The van der Waals surface area contributed by atoms with E-state index in [0.717, 1.165) is 23.2 Å². The largest absolute Gasteiger partial charge is 0.493 e. The van der Waals surface area contributed by atoms with Crippen molar-refractivity contribution in [3.8, 4) is 11.8 Å². The molecule has 1 aromatic heterocycles. The monoisotopic (exact) mass is 275 g/mol. The topological polar surface area (TPSA) is 65.4 Å². The van der Waals surface area contributed by atoms with Crippen LogP contribution >= 0.6 is 0 Å². The first kappa shape index (κ1) is 12.8. The molecule has 3 rings (SSSR count). The van der Waals surface area contributed by atoms with Gasteiger partial charge in [0.2, 0.25) is 5.91 Å². The van der Waals surface area contributed by atoms with Crippen LogP contribution in [0.4, 0.5) is 0 Å². The van der Waals surface area contributed by atoms with E-state index in [-0.39, 0.29) is 5.91 Å². The maximum absolute atomic E-state index is 11.0. The number of carbonyl (C=O) groups excluding carboxylic acids is 1. The van der Waals surface area contributed by atoms with Crippen molar-refractivity contribution in [2.24, 2.45) is 0 Å². The molecular formula is C14H17N3O3. The van der Waals surface area contributed by atoms with Gasteiger partial charge in [-0.2, -0.15) is 4.98 Å². The highest BCUT2D eigenvalue weighted by atomic mass is 16.5. The summed E-state index contributed by atoms with van der Waals surface area (Å²) in [6.45, 7) is 3.37. The molecule has 0 saturated carbocycles. The van der Waals surface area contributed by atoms with Gasteiger partial charge in [0.25, 0.3) is 6.01 Å². The molecule has 2 aromatic rings. The molecule has 0 bridgehead atoms. The second-order valence-corrected chi connectivity index (χ2v) is 4.74. The van der Waals surface area contributed by atoms with Crippen LogP contribution in [0.3, 0.4) is 0 Å². The number of methoxy groups -OCH3 is 1. The van der Waals surface area contributed by atoms with Gasteiger partial charge in [0.15, 0.2) is 0 Å². The molecule has 1 aliphatic heterocycles. The zero-order chi connectivity index (χ0) is 14.1. The first-order valence-electron chi connectivity index (χ1n) is 6.64. The highest BCUT2D eigenvalue weighted by Gasteiger charge is 2.21. The molecular weight excluding hydrogens is 258 g/mol. The fraction of sp³-hybridized carbons (Fsp3) is 0.429. The minimum Gasteiger partial charge on any atom is -0.493 e. The fourth-order valence-electron chi connectivity index (χ4n) is 2.60. The summed E-state index contributed by atoms with van der Waals surface area (Å²) < 4.78 is 12.9. The summed E-state index contributed by atoms with van der Waals surface area (Å²) in [5.74, 6) is 0.878. The number of rotatable bonds is 4. The van der Waals surface area contributed by atoms with Crippen LogP contribution in [0.25, 0.3) is 11.0 Å². The van der Waals surface area contributed by atoms with Crippen LogP contribution in [0, 0.1) is 0 Å². The predicted octanol–water partition coefficient (Wildman–Crippen LogP) is 1.12. The molecule has 0 unspecified atom stereocenters. The van der Waals surface area contributed by atoms with E-state index in [1.165, 1.54) is 12.5 Å². The Labute approximate surface area is 116 Å². The minimum atomic E-state index is -0.0399. The molecule has 0 spiro atoms. The summed E-state index contributed by atoms with van der Waals surface area (Å²) >= 11 is 0. The molecule has 0 atom stereocenters. The SMILES string of the molecule is COc1nc2ccc3c(c2n1CCNC(C)=O)CCO3. The molecule has 0 saturated heterocycles. The first-order chi connectivity index (χ1) is 9.70. The summed E-state index contributed by atoms with van der Waals surface area (Å²) in [7, 11) is 1.60. The molecule has 0 aliphatic carbocycles. The van der Waals surface area contributed by atoms with Gasteiger partial charge in [-0.1, -0.05) is 0 Å². The van der Waals surface area contributed by atoms with Crippen molar-refractivity contribution in [2.45, 2.75) is 19.9 Å². The smallest absolute Gasteiger partial charge is 0.297 e. The van der Waals surface area contributed by atoms with E-state index in [1.807, 2.05) is 16.7 Å². The van der Waals surface area contributed by atoms with Gasteiger partial charge in [0, 0.05) is 32.0 Å². The average Bonchev–Trinajstić information content (AvgIpc) is 3.01. The van der Waals surface area contributed by atoms with Gasteiger partial charge >= 0.3 is 0 Å². The minimum absolute atomic E-state index is 0.0399. The number of benzene rings is 1. The number of ether oxygens (including phenoxy) is 2. The Morgan fingerprint density at radius 3 is 3.15 bits per heavy atom. The van der Waals surface area contributed by atoms with Crippen LogP contribution in [-0.4, -0.2) is 35.7 Å². The van der Waals surface area contributed by atoms with Gasteiger partial charge in [-0.05, 0) is 12.1 Å². The van der Waals surface area contributed by atoms with Gasteiger partial charge in [-0.3, -0.25) is 9.36 Å². The molecule has 6 heteroatoms. The molecule has 0 fully saturated rings. The van der Waals surface area contributed by atoms with Gasteiger partial charge in [-0.25, -0.2) is 0 Å². The summed E-state index contributed by atoms with van der Waals surface area (Å²) in [5, 5.41) is 2.79. The lowest BCUT2D eigenvalue weighted by Crippen LogP contribution is -2.24. The van der Waals surface area contributed by atoms with Crippen LogP contribution in [-0.2, 0) is 17.8 Å². The number of carbonyl (C=O) groups is 1. The molecule has 1 aliphatic rings. The lowest BCUT2D eigenvalue weighted by atomic mass is 10.1. The van der Waals surface area contributed by atoms with Gasteiger partial charge in [0.1, 0.15) is 5.75 Å². The molecule has 1 N–H and O–H groups in total. The zero-order valence-corrected chi connectivity index (χ0v) is 11.6. The first-order valence-corrected chi connectivity index (χ1v) is 6.64. The number of hydrogen-bond donors (Lipinski definition) is 1. The lowest BCUT2D eigenvalue weighted by Gasteiger charge is -2.09. The Hall–Kier alpha value is -2.24. The Kier molecular flexibility index (Phi) is 3.22. The van der Waals surface area contributed by atoms with Crippen molar-refractivity contribution in [3.05, 3.63) is 17.7 Å². The Morgan fingerprint density at radius 2 is 2.40 bits per heavy atom. The quantitative estimate of drug-likeness (QED) is 0.908. The van der Waals surface area contributed by atoms with E-state index < -0.39 is 0 Å². The fourth-order valence-corrected chi connectivity index (χ4v) is 2.60. The highest BCUT2D eigenvalue weighted by molar-refractivity contribution is 5.83. The van der Waals surface area contributed by atoms with Crippen LogP contribution < -0.4 is 14.8 Å². The van der Waals surface area contributed by atoms with E-state index >= 15 is 0 Å². The summed E-state index contributed by atoms with van der Waals surface area (Å²) in [6.07, 6.45) is 0.877. The highest BCUT2D eigenvalue weighted by Crippen LogP contribution is 2.34. The van der Waals surface area contributed by atoms with Crippen LogP contribution in [0.15, 0.2) is 12.1 Å². The predicted molar refractivity (Wildman–Crippen MR) is 74.2 cm³/mol. The van der Waals surface area contributed by atoms with E-state index in [2.05, 4.69) is 10.3 Å². The van der Waals surface area contributed by atoms with Crippen molar-refractivity contribution in [1.82, 2.24) is 14.9 Å². The van der Waals surface area contributed by atoms with E-state index in [1.54, 1.807) is 7.11 Å². The van der Waals surface area contributed by atoms with Crippen molar-refractivity contribution >= 4 is 16.9 Å². The van der Waals surface area contributed by atoms with Gasteiger partial charge in [-0.15, -0.1) is 0 Å². The average molecular weight is 275 g/mol. The molecule has 1 aromatic carbocycles. The third kappa shape index (κ3) is 2.07. The van der Waals surface area contributed by atoms with E-state index in [0.29, 0.717) is 25.7 Å². The van der Waals surface area contributed by atoms with Crippen molar-refractivity contribution < 1.29 is 14.3 Å². The van der Waals surface area contributed by atoms with Gasteiger partial charge in [0.05, 0.1) is 24.8 Å². The zero-order valence-electron chi connectivity index (χ0n) is 11.6. The summed E-state index contributed by atoms with van der Waals surface area (Å²) in [6, 6.07) is 4.46. The number of nitrogens with zero attached hydrogens (tertiary/aromatic N) is 2. The molecule has 6 nitrogen and oxygen atoms in total. The molecule has 20 heavy (non-hydrogen) atoms. The molecule has 106 valence electrons. The number of hydrogen-bond acceptors (Lipinski definition) is 4. The van der Waals surface area contributed by atoms with E-state index in [4.69, 9.17) is 9.47 Å². The van der Waals surface area contributed by atoms with E-state index in [9.17, 15) is 4.79 Å². The van der Waals surface area contributed by atoms with Crippen LogP contribution in [0.5, 0.6) is 11.8 Å². The Bertz CT molecular complexity index is 663. The summed E-state index contributed by atoms with van der Waals surface area (Å²) in [5.41, 5.74) is 3.11. The number of aromatic nitrogens is 2. The normalized spacial score (nSPS) is 13.1. The number of fused-ring (bicyclic) bond motifs is 3. The Balaban J connectivity index is 2.03. The molecule has 0 radical (unpaired) electrons. The third-order valence-electron chi connectivity index (χ3n) is 3.44. The maximum atomic E-state index is 11.0. The van der Waals surface area contributed by atoms with Crippen LogP contribution in [0.2, 0.25) is 0 Å². The lowest BCUT2D eigenvalue weighted by molar-refractivity contribution is -0.118. The molecule has 1 amide bonds. The van der Waals surface area contributed by atoms with Crippen molar-refractivity contribution in [1.29, 1.82) is 0 Å². The maximum Gasteiger partial charge on any atom is 0.297 e. The van der Waals surface area contributed by atoms with Crippen molar-refractivity contribution in [2.75, 3.05) is 20.3 Å². The number of nitrogens with one attached hydrogen (secondary N) is 1. The third-order valence-corrected chi connectivity index (χ3v) is 3.44. The second kappa shape index (κ2) is 5.03. The molecule has 2 heterocycles.